The fourth-order valence-electron chi connectivity index (χ4n) is 1.01. The van der Waals surface area contributed by atoms with Crippen molar-refractivity contribution in [3.8, 4) is 6.07 Å². The lowest BCUT2D eigenvalue weighted by molar-refractivity contribution is 0.367. The van der Waals surface area contributed by atoms with Crippen LogP contribution in [0.4, 0.5) is 5.82 Å². The monoisotopic (exact) mass is 205 g/mol. The van der Waals surface area contributed by atoms with Crippen LogP contribution in [0.3, 0.4) is 0 Å². The first-order valence-corrected chi connectivity index (χ1v) is 4.90. The molecule has 0 fully saturated rings. The van der Waals surface area contributed by atoms with Crippen molar-refractivity contribution >= 4 is 5.82 Å². The molecule has 5 heteroatoms. The molecule has 0 spiro atoms. The summed E-state index contributed by atoms with van der Waals surface area (Å²) in [5.74, 6) is 0.707. The molecule has 1 N–H and O–H groups in total. The maximum absolute atomic E-state index is 8.53. The minimum atomic E-state index is 0.339. The third kappa shape index (κ3) is 3.92. The molecule has 1 rings (SSSR count). The van der Waals surface area contributed by atoms with Gasteiger partial charge in [-0.15, -0.1) is 0 Å². The third-order valence-electron chi connectivity index (χ3n) is 2.11. The fourth-order valence-corrected chi connectivity index (χ4v) is 1.01. The number of rotatable bonds is 5. The summed E-state index contributed by atoms with van der Waals surface area (Å²) in [5, 5.41) is 11.7. The molecule has 80 valence electrons. The van der Waals surface area contributed by atoms with Gasteiger partial charge >= 0.3 is 0 Å². The molecule has 1 aromatic rings. The van der Waals surface area contributed by atoms with Crippen molar-refractivity contribution in [2.45, 2.75) is 6.92 Å². The molecular weight excluding hydrogens is 190 g/mol. The second-order valence-electron chi connectivity index (χ2n) is 3.22. The van der Waals surface area contributed by atoms with E-state index in [9.17, 15) is 0 Å². The lowest BCUT2D eigenvalue weighted by Crippen LogP contribution is -2.24. The number of aromatic nitrogens is 2. The van der Waals surface area contributed by atoms with Crippen LogP contribution in [0.25, 0.3) is 0 Å². The summed E-state index contributed by atoms with van der Waals surface area (Å²) in [6.45, 7) is 4.92. The molecule has 0 amide bonds. The van der Waals surface area contributed by atoms with Crippen molar-refractivity contribution < 1.29 is 0 Å². The van der Waals surface area contributed by atoms with E-state index in [4.69, 9.17) is 5.26 Å². The molecular formula is C10H15N5. The number of nitrogens with zero attached hydrogens (tertiary/aromatic N) is 4. The highest BCUT2D eigenvalue weighted by molar-refractivity contribution is 5.32. The van der Waals surface area contributed by atoms with E-state index in [2.05, 4.69) is 34.2 Å². The second-order valence-corrected chi connectivity index (χ2v) is 3.22. The summed E-state index contributed by atoms with van der Waals surface area (Å²) in [6, 6.07) is 1.93. The second kappa shape index (κ2) is 5.94. The summed E-state index contributed by atoms with van der Waals surface area (Å²) in [5.41, 5.74) is 0.339. The average molecular weight is 205 g/mol. The molecule has 0 unspecified atom stereocenters. The minimum Gasteiger partial charge on any atom is -0.368 e. The van der Waals surface area contributed by atoms with E-state index in [0.717, 1.165) is 19.6 Å². The van der Waals surface area contributed by atoms with E-state index >= 15 is 0 Å². The van der Waals surface area contributed by atoms with Crippen LogP contribution in [-0.2, 0) is 0 Å². The van der Waals surface area contributed by atoms with Crippen LogP contribution < -0.4 is 5.32 Å². The largest absolute Gasteiger partial charge is 0.368 e. The van der Waals surface area contributed by atoms with E-state index < -0.39 is 0 Å². The van der Waals surface area contributed by atoms with E-state index in [1.54, 1.807) is 6.20 Å². The standard InChI is InChI=1S/C10H15N5/c1-3-15(2)5-4-12-10-8-13-9(6-11)7-14-10/h7-8H,3-5H2,1-2H3,(H,12,14). The maximum Gasteiger partial charge on any atom is 0.158 e. The molecule has 0 aliphatic rings. The van der Waals surface area contributed by atoms with Gasteiger partial charge in [0.15, 0.2) is 5.69 Å². The van der Waals surface area contributed by atoms with Gasteiger partial charge in [0.25, 0.3) is 0 Å². The van der Waals surface area contributed by atoms with E-state index in [1.165, 1.54) is 6.20 Å². The van der Waals surface area contributed by atoms with Crippen molar-refractivity contribution in [2.24, 2.45) is 0 Å². The van der Waals surface area contributed by atoms with Crippen LogP contribution >= 0.6 is 0 Å². The molecule has 0 bridgehead atoms. The van der Waals surface area contributed by atoms with Crippen LogP contribution in [0.1, 0.15) is 12.6 Å². The zero-order valence-corrected chi connectivity index (χ0v) is 9.06. The van der Waals surface area contributed by atoms with Crippen molar-refractivity contribution in [2.75, 3.05) is 32.0 Å². The first-order valence-electron chi connectivity index (χ1n) is 4.90. The van der Waals surface area contributed by atoms with Gasteiger partial charge in [0, 0.05) is 13.1 Å². The van der Waals surface area contributed by atoms with Crippen LogP contribution in [0.5, 0.6) is 0 Å². The summed E-state index contributed by atoms with van der Waals surface area (Å²) in [6.07, 6.45) is 3.04. The molecule has 0 aromatic carbocycles. The highest BCUT2D eigenvalue weighted by Crippen LogP contribution is 1.99. The number of nitrogens with one attached hydrogen (secondary N) is 1. The van der Waals surface area contributed by atoms with E-state index in [-0.39, 0.29) is 0 Å². The summed E-state index contributed by atoms with van der Waals surface area (Å²) >= 11 is 0. The summed E-state index contributed by atoms with van der Waals surface area (Å²) < 4.78 is 0. The first kappa shape index (κ1) is 11.4. The Labute approximate surface area is 89.8 Å². The van der Waals surface area contributed by atoms with Gasteiger partial charge in [0.1, 0.15) is 11.9 Å². The number of hydrogen-bond donors (Lipinski definition) is 1. The Kier molecular flexibility index (Phi) is 4.51. The van der Waals surface area contributed by atoms with Crippen molar-refractivity contribution in [1.29, 1.82) is 5.26 Å². The number of hydrogen-bond acceptors (Lipinski definition) is 5. The quantitative estimate of drug-likeness (QED) is 0.767. The van der Waals surface area contributed by atoms with Gasteiger partial charge in [-0.2, -0.15) is 5.26 Å². The highest BCUT2D eigenvalue weighted by Gasteiger charge is 1.97. The van der Waals surface area contributed by atoms with Gasteiger partial charge in [0.05, 0.1) is 12.4 Å². The van der Waals surface area contributed by atoms with Gasteiger partial charge in [0.2, 0.25) is 0 Å². The van der Waals surface area contributed by atoms with Gasteiger partial charge in [-0.05, 0) is 13.6 Å². The predicted octanol–water partition coefficient (Wildman–Crippen LogP) is 0.712. The Morgan fingerprint density at radius 3 is 2.80 bits per heavy atom. The zero-order chi connectivity index (χ0) is 11.1. The Morgan fingerprint density at radius 2 is 2.27 bits per heavy atom. The van der Waals surface area contributed by atoms with Gasteiger partial charge < -0.3 is 10.2 Å². The molecule has 0 radical (unpaired) electrons. The Hall–Kier alpha value is -1.67. The number of nitriles is 1. The lowest BCUT2D eigenvalue weighted by Gasteiger charge is -2.13. The zero-order valence-electron chi connectivity index (χ0n) is 9.06. The number of anilines is 1. The Morgan fingerprint density at radius 1 is 1.47 bits per heavy atom. The maximum atomic E-state index is 8.53. The fraction of sp³-hybridized carbons (Fsp3) is 0.500. The van der Waals surface area contributed by atoms with E-state index in [0.29, 0.717) is 11.5 Å². The minimum absolute atomic E-state index is 0.339. The molecule has 15 heavy (non-hydrogen) atoms. The molecule has 0 aliphatic heterocycles. The summed E-state index contributed by atoms with van der Waals surface area (Å²) in [7, 11) is 2.06. The third-order valence-corrected chi connectivity index (χ3v) is 2.11. The van der Waals surface area contributed by atoms with Crippen LogP contribution in [0.2, 0.25) is 0 Å². The molecule has 1 heterocycles. The topological polar surface area (TPSA) is 64.8 Å². The van der Waals surface area contributed by atoms with Crippen molar-refractivity contribution in [3.63, 3.8) is 0 Å². The summed E-state index contributed by atoms with van der Waals surface area (Å²) in [4.78, 5) is 10.2. The predicted molar refractivity (Wildman–Crippen MR) is 58.4 cm³/mol. The molecule has 0 saturated heterocycles. The SMILES string of the molecule is CCN(C)CCNc1cnc(C#N)cn1. The van der Waals surface area contributed by atoms with Gasteiger partial charge in [-0.3, -0.25) is 0 Å². The Bertz CT molecular complexity index is 327. The lowest BCUT2D eigenvalue weighted by atomic mass is 10.5. The average Bonchev–Trinajstić information content (AvgIpc) is 2.29. The van der Waals surface area contributed by atoms with Crippen LogP contribution in [0.15, 0.2) is 12.4 Å². The first-order chi connectivity index (χ1) is 7.26. The van der Waals surface area contributed by atoms with Crippen molar-refractivity contribution in [3.05, 3.63) is 18.1 Å². The van der Waals surface area contributed by atoms with E-state index in [1.807, 2.05) is 6.07 Å². The van der Waals surface area contributed by atoms with Crippen LogP contribution in [0, 0.1) is 11.3 Å². The smallest absolute Gasteiger partial charge is 0.158 e. The van der Waals surface area contributed by atoms with Crippen molar-refractivity contribution in [1.82, 2.24) is 14.9 Å². The van der Waals surface area contributed by atoms with Gasteiger partial charge in [-0.1, -0.05) is 6.92 Å². The molecule has 0 saturated carbocycles. The molecule has 1 aromatic heterocycles. The normalized spacial score (nSPS) is 10.0. The molecule has 0 atom stereocenters. The molecule has 5 nitrogen and oxygen atoms in total. The molecule has 0 aliphatic carbocycles. The number of likely N-dealkylation sites (N-methyl/N-ethyl adjacent to an activating group) is 1. The van der Waals surface area contributed by atoms with Crippen LogP contribution in [-0.4, -0.2) is 41.5 Å². The highest BCUT2D eigenvalue weighted by atomic mass is 15.1. The van der Waals surface area contributed by atoms with Gasteiger partial charge in [-0.25, -0.2) is 9.97 Å². The Balaban J connectivity index is 2.35.